The number of ether oxygens (including phenoxy) is 1. The first-order chi connectivity index (χ1) is 16.8. The van der Waals surface area contributed by atoms with E-state index in [1.807, 2.05) is 44.2 Å². The van der Waals surface area contributed by atoms with Crippen LogP contribution >= 0.6 is 0 Å². The predicted octanol–water partition coefficient (Wildman–Crippen LogP) is 4.76. The molecular formula is C28H30F2N2O3. The van der Waals surface area contributed by atoms with Crippen molar-refractivity contribution in [1.29, 1.82) is 0 Å². The summed E-state index contributed by atoms with van der Waals surface area (Å²) in [5.74, 6) is -1.17. The first kappa shape index (κ1) is 25.9. The number of carbonyl (C=O) groups excluding carboxylic acids is 2. The Morgan fingerprint density at radius 3 is 2.23 bits per heavy atom. The largest absolute Gasteiger partial charge is 0.484 e. The Morgan fingerprint density at radius 1 is 0.914 bits per heavy atom. The maximum Gasteiger partial charge on any atom is 0.261 e. The lowest BCUT2D eigenvalue weighted by Crippen LogP contribution is -2.52. The number of benzene rings is 3. The summed E-state index contributed by atoms with van der Waals surface area (Å²) in [6.45, 7) is 3.90. The van der Waals surface area contributed by atoms with Gasteiger partial charge in [-0.2, -0.15) is 0 Å². The van der Waals surface area contributed by atoms with Crippen molar-refractivity contribution in [1.82, 2.24) is 10.2 Å². The van der Waals surface area contributed by atoms with Gasteiger partial charge >= 0.3 is 0 Å². The number of rotatable bonds is 11. The van der Waals surface area contributed by atoms with Crippen LogP contribution in [0.15, 0.2) is 78.9 Å². The van der Waals surface area contributed by atoms with Gasteiger partial charge in [0.1, 0.15) is 23.4 Å². The van der Waals surface area contributed by atoms with Gasteiger partial charge in [0.25, 0.3) is 5.91 Å². The zero-order valence-corrected chi connectivity index (χ0v) is 19.9. The summed E-state index contributed by atoms with van der Waals surface area (Å²) in [6, 6.07) is 19.9. The van der Waals surface area contributed by atoms with Gasteiger partial charge in [0.05, 0.1) is 0 Å². The molecule has 0 aliphatic carbocycles. The highest BCUT2D eigenvalue weighted by atomic mass is 19.1. The van der Waals surface area contributed by atoms with Gasteiger partial charge in [-0.15, -0.1) is 0 Å². The molecule has 1 N–H and O–H groups in total. The highest BCUT2D eigenvalue weighted by molar-refractivity contribution is 5.88. The molecule has 0 spiro atoms. The minimum atomic E-state index is -0.889. The highest BCUT2D eigenvalue weighted by Gasteiger charge is 2.31. The molecule has 1 atom stereocenters. The maximum absolute atomic E-state index is 14.5. The molecule has 35 heavy (non-hydrogen) atoms. The second-order valence-electron chi connectivity index (χ2n) is 8.70. The van der Waals surface area contributed by atoms with E-state index < -0.39 is 23.6 Å². The Bertz CT molecular complexity index is 1100. The molecule has 184 valence electrons. The lowest BCUT2D eigenvalue weighted by molar-refractivity contribution is -0.142. The van der Waals surface area contributed by atoms with E-state index >= 15 is 0 Å². The van der Waals surface area contributed by atoms with Gasteiger partial charge < -0.3 is 15.0 Å². The van der Waals surface area contributed by atoms with Crippen molar-refractivity contribution in [3.8, 4) is 5.75 Å². The number of nitrogens with one attached hydrogen (secondary N) is 1. The van der Waals surface area contributed by atoms with Crippen LogP contribution in [0.1, 0.15) is 25.0 Å². The zero-order chi connectivity index (χ0) is 25.2. The van der Waals surface area contributed by atoms with Gasteiger partial charge in [-0.3, -0.25) is 9.59 Å². The SMILES string of the molecule is CC(C)CNC(=O)C(Cc1ccccc1)N(Cc1ccccc1F)C(=O)COc1ccc(F)cc1. The van der Waals surface area contributed by atoms with Gasteiger partial charge in [-0.05, 0) is 41.8 Å². The minimum Gasteiger partial charge on any atom is -0.484 e. The van der Waals surface area contributed by atoms with E-state index in [0.29, 0.717) is 12.3 Å². The number of carbonyl (C=O) groups is 2. The monoisotopic (exact) mass is 480 g/mol. The number of nitrogens with zero attached hydrogens (tertiary/aromatic N) is 1. The molecule has 1 unspecified atom stereocenters. The van der Waals surface area contributed by atoms with Crippen LogP contribution in [0.4, 0.5) is 8.78 Å². The van der Waals surface area contributed by atoms with Crippen LogP contribution in [0.2, 0.25) is 0 Å². The minimum absolute atomic E-state index is 0.106. The van der Waals surface area contributed by atoms with Crippen LogP contribution in [0.3, 0.4) is 0 Å². The van der Waals surface area contributed by atoms with Crippen LogP contribution < -0.4 is 10.1 Å². The normalized spacial score (nSPS) is 11.7. The highest BCUT2D eigenvalue weighted by Crippen LogP contribution is 2.18. The van der Waals surface area contributed by atoms with Crippen LogP contribution in [0.25, 0.3) is 0 Å². The molecule has 0 radical (unpaired) electrons. The second kappa shape index (κ2) is 12.6. The van der Waals surface area contributed by atoms with E-state index in [1.54, 1.807) is 18.2 Å². The molecule has 0 aromatic heterocycles. The maximum atomic E-state index is 14.5. The van der Waals surface area contributed by atoms with E-state index in [0.717, 1.165) is 5.56 Å². The van der Waals surface area contributed by atoms with E-state index in [-0.39, 0.29) is 37.0 Å². The fourth-order valence-electron chi connectivity index (χ4n) is 3.55. The van der Waals surface area contributed by atoms with Gasteiger partial charge in [0.15, 0.2) is 6.61 Å². The number of hydrogen-bond acceptors (Lipinski definition) is 3. The number of amides is 2. The quantitative estimate of drug-likeness (QED) is 0.431. The summed E-state index contributed by atoms with van der Waals surface area (Å²) >= 11 is 0. The van der Waals surface area contributed by atoms with Crippen LogP contribution in [0.5, 0.6) is 5.75 Å². The summed E-state index contributed by atoms with van der Waals surface area (Å²) in [4.78, 5) is 28.1. The molecule has 0 fully saturated rings. The number of hydrogen-bond donors (Lipinski definition) is 1. The standard InChI is InChI=1S/C28H30F2N2O3/c1-20(2)17-31-28(34)26(16-21-8-4-3-5-9-21)32(18-22-10-6-7-11-25(22)30)27(33)19-35-24-14-12-23(29)13-15-24/h3-15,20,26H,16-19H2,1-2H3,(H,31,34). The summed E-state index contributed by atoms with van der Waals surface area (Å²) in [5.41, 5.74) is 1.15. The van der Waals surface area contributed by atoms with Gasteiger partial charge in [-0.25, -0.2) is 8.78 Å². The van der Waals surface area contributed by atoms with E-state index in [2.05, 4.69) is 5.32 Å². The summed E-state index contributed by atoms with van der Waals surface area (Å²) in [6.07, 6.45) is 0.251. The second-order valence-corrected chi connectivity index (χ2v) is 8.70. The molecule has 7 heteroatoms. The van der Waals surface area contributed by atoms with Crippen LogP contribution in [-0.4, -0.2) is 35.9 Å². The lowest BCUT2D eigenvalue weighted by atomic mass is 10.0. The average Bonchev–Trinajstić information content (AvgIpc) is 2.85. The van der Waals surface area contributed by atoms with E-state index in [4.69, 9.17) is 4.74 Å². The van der Waals surface area contributed by atoms with E-state index in [1.165, 1.54) is 35.2 Å². The Balaban J connectivity index is 1.90. The van der Waals surface area contributed by atoms with Crippen molar-refractivity contribution < 1.29 is 23.1 Å². The van der Waals surface area contributed by atoms with Crippen molar-refractivity contribution in [3.63, 3.8) is 0 Å². The molecule has 0 saturated carbocycles. The van der Waals surface area contributed by atoms with Crippen molar-refractivity contribution in [2.24, 2.45) is 5.92 Å². The zero-order valence-electron chi connectivity index (χ0n) is 19.9. The smallest absolute Gasteiger partial charge is 0.261 e. The molecule has 3 aromatic rings. The Kier molecular flexibility index (Phi) is 9.35. The number of halogens is 2. The van der Waals surface area contributed by atoms with E-state index in [9.17, 15) is 18.4 Å². The third-order valence-corrected chi connectivity index (χ3v) is 5.43. The summed E-state index contributed by atoms with van der Waals surface area (Å²) in [5, 5.41) is 2.91. The molecule has 0 bridgehead atoms. The third-order valence-electron chi connectivity index (χ3n) is 5.43. The molecule has 0 aliphatic rings. The average molecular weight is 481 g/mol. The molecule has 0 saturated heterocycles. The van der Waals surface area contributed by atoms with Crippen molar-refractivity contribution in [3.05, 3.63) is 102 Å². The predicted molar refractivity (Wildman–Crippen MR) is 131 cm³/mol. The fraction of sp³-hybridized carbons (Fsp3) is 0.286. The first-order valence-electron chi connectivity index (χ1n) is 11.6. The Labute approximate surface area is 204 Å². The third kappa shape index (κ3) is 7.91. The topological polar surface area (TPSA) is 58.6 Å². The van der Waals surface area contributed by atoms with Crippen LogP contribution in [-0.2, 0) is 22.6 Å². The molecule has 3 aromatic carbocycles. The van der Waals surface area contributed by atoms with Crippen molar-refractivity contribution in [2.75, 3.05) is 13.2 Å². The first-order valence-corrected chi connectivity index (χ1v) is 11.6. The molecular weight excluding hydrogens is 450 g/mol. The fourth-order valence-corrected chi connectivity index (χ4v) is 3.55. The Hall–Kier alpha value is -3.74. The molecule has 0 heterocycles. The summed E-state index contributed by atoms with van der Waals surface area (Å²) in [7, 11) is 0. The Morgan fingerprint density at radius 2 is 1.57 bits per heavy atom. The summed E-state index contributed by atoms with van der Waals surface area (Å²) < 4.78 is 33.3. The molecule has 5 nitrogen and oxygen atoms in total. The molecule has 3 rings (SSSR count). The molecule has 2 amide bonds. The van der Waals surface area contributed by atoms with Gasteiger partial charge in [0, 0.05) is 25.1 Å². The van der Waals surface area contributed by atoms with Crippen LogP contribution in [0, 0.1) is 17.6 Å². The van der Waals surface area contributed by atoms with Crippen molar-refractivity contribution in [2.45, 2.75) is 32.9 Å². The van der Waals surface area contributed by atoms with Crippen molar-refractivity contribution >= 4 is 11.8 Å². The molecule has 0 aliphatic heterocycles. The van der Waals surface area contributed by atoms with Gasteiger partial charge in [0.2, 0.25) is 5.91 Å². The lowest BCUT2D eigenvalue weighted by Gasteiger charge is -2.31. The van der Waals surface area contributed by atoms with Gasteiger partial charge in [-0.1, -0.05) is 62.4 Å².